The molecule has 0 radical (unpaired) electrons. The second-order valence-electron chi connectivity index (χ2n) is 4.07. The number of carboxylic acid groups (broad SMARTS) is 1. The molecule has 0 spiro atoms. The third-order valence-electron chi connectivity index (χ3n) is 2.28. The number of carbonyl (C=O) groups excluding carboxylic acids is 1. The Bertz CT molecular complexity index is 463. The Balaban J connectivity index is 2.56. The van der Waals surface area contributed by atoms with E-state index in [0.29, 0.717) is 0 Å². The normalized spacial score (nSPS) is 10.4. The van der Waals surface area contributed by atoms with Crippen LogP contribution in [0.3, 0.4) is 0 Å². The molecule has 6 heteroatoms. The Labute approximate surface area is 119 Å². The van der Waals surface area contributed by atoms with Crippen LogP contribution in [-0.2, 0) is 9.59 Å². The van der Waals surface area contributed by atoms with Gasteiger partial charge >= 0.3 is 5.97 Å². The Hall–Kier alpha value is -1.15. The molecule has 0 aliphatic heterocycles. The number of anilines is 1. The first-order valence-corrected chi connectivity index (χ1v) is 6.42. The molecule has 18 heavy (non-hydrogen) atoms. The minimum Gasteiger partial charge on any atom is -0.480 e. The number of carboxylic acids is 1. The van der Waals surface area contributed by atoms with Gasteiger partial charge in [-0.3, -0.25) is 14.5 Å². The zero-order valence-corrected chi connectivity index (χ0v) is 12.4. The summed E-state index contributed by atoms with van der Waals surface area (Å²) in [4.78, 5) is 23.6. The molecule has 2 N–H and O–H groups in total. The van der Waals surface area contributed by atoms with Crippen molar-refractivity contribution in [3.05, 3.63) is 27.3 Å². The van der Waals surface area contributed by atoms with Crippen LogP contribution < -0.4 is 5.32 Å². The van der Waals surface area contributed by atoms with Gasteiger partial charge in [-0.15, -0.1) is 0 Å². The van der Waals surface area contributed by atoms with Crippen LogP contribution in [0.25, 0.3) is 0 Å². The maximum absolute atomic E-state index is 11.7. The Morgan fingerprint density at radius 2 is 2.06 bits per heavy atom. The maximum Gasteiger partial charge on any atom is 0.317 e. The van der Waals surface area contributed by atoms with Crippen molar-refractivity contribution in [1.29, 1.82) is 0 Å². The van der Waals surface area contributed by atoms with Gasteiger partial charge in [-0.1, -0.05) is 0 Å². The zero-order valence-electron chi connectivity index (χ0n) is 10.2. The summed E-state index contributed by atoms with van der Waals surface area (Å²) in [6, 6.07) is 5.72. The lowest BCUT2D eigenvalue weighted by Gasteiger charge is -2.14. The van der Waals surface area contributed by atoms with Gasteiger partial charge in [-0.25, -0.2) is 0 Å². The molecule has 1 amide bonds. The first-order valence-electron chi connectivity index (χ1n) is 5.35. The maximum atomic E-state index is 11.7. The number of hydrogen-bond acceptors (Lipinski definition) is 3. The predicted molar refractivity (Wildman–Crippen MR) is 77.7 cm³/mol. The van der Waals surface area contributed by atoms with Crippen LogP contribution in [0.15, 0.2) is 18.2 Å². The third kappa shape index (κ3) is 5.01. The minimum absolute atomic E-state index is 0.0533. The SMILES string of the molecule is Cc1cc(I)ccc1NC(=O)CN(C)CC(=O)O. The van der Waals surface area contributed by atoms with Crippen molar-refractivity contribution in [1.82, 2.24) is 4.90 Å². The van der Waals surface area contributed by atoms with Crippen molar-refractivity contribution >= 4 is 40.2 Å². The van der Waals surface area contributed by atoms with E-state index in [1.807, 2.05) is 25.1 Å². The second kappa shape index (κ2) is 6.69. The van der Waals surface area contributed by atoms with E-state index in [0.717, 1.165) is 14.8 Å². The summed E-state index contributed by atoms with van der Waals surface area (Å²) in [5, 5.41) is 11.4. The smallest absolute Gasteiger partial charge is 0.317 e. The summed E-state index contributed by atoms with van der Waals surface area (Å²) in [6.45, 7) is 1.82. The lowest BCUT2D eigenvalue weighted by Crippen LogP contribution is -2.33. The molecule has 0 saturated carbocycles. The topological polar surface area (TPSA) is 69.6 Å². The third-order valence-corrected chi connectivity index (χ3v) is 2.95. The summed E-state index contributed by atoms with van der Waals surface area (Å²) in [7, 11) is 1.59. The number of nitrogens with one attached hydrogen (secondary N) is 1. The van der Waals surface area contributed by atoms with E-state index >= 15 is 0 Å². The molecular weight excluding hydrogens is 347 g/mol. The first-order chi connectivity index (χ1) is 8.38. The molecule has 1 aromatic carbocycles. The standard InChI is InChI=1S/C12H15IN2O3/c1-8-5-9(13)3-4-10(8)14-11(16)6-15(2)7-12(17)18/h3-5H,6-7H2,1-2H3,(H,14,16)(H,17,18). The number of nitrogens with zero attached hydrogens (tertiary/aromatic N) is 1. The van der Waals surface area contributed by atoms with Gasteiger partial charge in [-0.05, 0) is 60.3 Å². The number of aliphatic carboxylic acids is 1. The van der Waals surface area contributed by atoms with E-state index in [9.17, 15) is 9.59 Å². The van der Waals surface area contributed by atoms with Gasteiger partial charge in [0.05, 0.1) is 13.1 Å². The predicted octanol–water partition coefficient (Wildman–Crippen LogP) is 1.55. The second-order valence-corrected chi connectivity index (χ2v) is 5.32. The van der Waals surface area contributed by atoms with Crippen molar-refractivity contribution in [3.63, 3.8) is 0 Å². The van der Waals surface area contributed by atoms with Crippen molar-refractivity contribution in [2.75, 3.05) is 25.5 Å². The van der Waals surface area contributed by atoms with Crippen LogP contribution in [0.5, 0.6) is 0 Å². The molecule has 0 aromatic heterocycles. The van der Waals surface area contributed by atoms with Gasteiger partial charge in [0, 0.05) is 9.26 Å². The van der Waals surface area contributed by atoms with Crippen LogP contribution in [0.2, 0.25) is 0 Å². The van der Waals surface area contributed by atoms with Crippen LogP contribution in [-0.4, -0.2) is 42.0 Å². The number of rotatable bonds is 5. The number of aryl methyl sites for hydroxylation is 1. The number of likely N-dealkylation sites (N-methyl/N-ethyl adjacent to an activating group) is 1. The highest BCUT2D eigenvalue weighted by Crippen LogP contribution is 2.17. The molecule has 0 unspecified atom stereocenters. The lowest BCUT2D eigenvalue weighted by molar-refractivity contribution is -0.138. The zero-order chi connectivity index (χ0) is 13.7. The van der Waals surface area contributed by atoms with Gasteiger partial charge in [0.2, 0.25) is 5.91 Å². The number of halogens is 1. The Kier molecular flexibility index (Phi) is 5.54. The molecule has 1 aromatic rings. The van der Waals surface area contributed by atoms with Gasteiger partial charge < -0.3 is 10.4 Å². The van der Waals surface area contributed by atoms with E-state index in [1.54, 1.807) is 7.05 Å². The number of amides is 1. The monoisotopic (exact) mass is 362 g/mol. The number of carbonyl (C=O) groups is 2. The number of benzene rings is 1. The summed E-state index contributed by atoms with van der Waals surface area (Å²) >= 11 is 2.20. The molecule has 0 saturated heterocycles. The molecule has 98 valence electrons. The summed E-state index contributed by atoms with van der Waals surface area (Å²) in [5.74, 6) is -1.17. The van der Waals surface area contributed by atoms with Crippen LogP contribution in [0, 0.1) is 10.5 Å². The summed E-state index contributed by atoms with van der Waals surface area (Å²) in [5.41, 5.74) is 1.74. The van der Waals surface area contributed by atoms with E-state index in [2.05, 4.69) is 27.9 Å². The fourth-order valence-corrected chi connectivity index (χ4v) is 2.14. The van der Waals surface area contributed by atoms with Gasteiger partial charge in [0.1, 0.15) is 0 Å². The van der Waals surface area contributed by atoms with E-state index < -0.39 is 5.97 Å². The fraction of sp³-hybridized carbons (Fsp3) is 0.333. The van der Waals surface area contributed by atoms with Crippen LogP contribution in [0.4, 0.5) is 5.69 Å². The van der Waals surface area contributed by atoms with Gasteiger partial charge in [-0.2, -0.15) is 0 Å². The summed E-state index contributed by atoms with van der Waals surface area (Å²) < 4.78 is 1.10. The number of hydrogen-bond donors (Lipinski definition) is 2. The van der Waals surface area contributed by atoms with Crippen molar-refractivity contribution in [2.24, 2.45) is 0 Å². The molecule has 0 heterocycles. The molecule has 1 rings (SSSR count). The molecule has 5 nitrogen and oxygen atoms in total. The van der Waals surface area contributed by atoms with Crippen LogP contribution >= 0.6 is 22.6 Å². The first kappa shape index (κ1) is 14.9. The van der Waals surface area contributed by atoms with E-state index in [1.165, 1.54) is 4.90 Å². The van der Waals surface area contributed by atoms with Crippen molar-refractivity contribution in [3.8, 4) is 0 Å². The molecule has 0 bridgehead atoms. The lowest BCUT2D eigenvalue weighted by atomic mass is 10.2. The highest BCUT2D eigenvalue weighted by atomic mass is 127. The van der Waals surface area contributed by atoms with Crippen molar-refractivity contribution in [2.45, 2.75) is 6.92 Å². The van der Waals surface area contributed by atoms with Crippen molar-refractivity contribution < 1.29 is 14.7 Å². The highest BCUT2D eigenvalue weighted by Gasteiger charge is 2.10. The van der Waals surface area contributed by atoms with Crippen LogP contribution in [0.1, 0.15) is 5.56 Å². The fourth-order valence-electron chi connectivity index (χ4n) is 1.49. The average Bonchev–Trinajstić information content (AvgIpc) is 2.20. The van der Waals surface area contributed by atoms with Gasteiger partial charge in [0.15, 0.2) is 0 Å². The average molecular weight is 362 g/mol. The largest absolute Gasteiger partial charge is 0.480 e. The molecule has 0 fully saturated rings. The molecule has 0 aliphatic carbocycles. The Morgan fingerprint density at radius 3 is 2.61 bits per heavy atom. The van der Waals surface area contributed by atoms with E-state index in [-0.39, 0.29) is 19.0 Å². The van der Waals surface area contributed by atoms with E-state index in [4.69, 9.17) is 5.11 Å². The quantitative estimate of drug-likeness (QED) is 0.780. The molecule has 0 aliphatic rings. The molecular formula is C12H15IN2O3. The summed E-state index contributed by atoms with van der Waals surface area (Å²) in [6.07, 6.45) is 0. The van der Waals surface area contributed by atoms with Gasteiger partial charge in [0.25, 0.3) is 0 Å². The molecule has 0 atom stereocenters. The minimum atomic E-state index is -0.948. The Morgan fingerprint density at radius 1 is 1.39 bits per heavy atom. The highest BCUT2D eigenvalue weighted by molar-refractivity contribution is 14.1.